The fraction of sp³-hybridized carbons (Fsp3) is 0.222. The number of nitrogens with one attached hydrogen (secondary N) is 1. The molecular formula is C18H17FN2O2. The van der Waals surface area contributed by atoms with E-state index in [0.29, 0.717) is 29.8 Å². The van der Waals surface area contributed by atoms with Crippen LogP contribution in [-0.4, -0.2) is 18.6 Å². The van der Waals surface area contributed by atoms with Crippen LogP contribution in [0.4, 0.5) is 4.39 Å². The van der Waals surface area contributed by atoms with Crippen molar-refractivity contribution in [2.24, 2.45) is 0 Å². The average Bonchev–Trinajstić information content (AvgIpc) is 2.57. The van der Waals surface area contributed by atoms with Crippen LogP contribution in [-0.2, 0) is 11.2 Å². The van der Waals surface area contributed by atoms with Crippen LogP contribution in [0.1, 0.15) is 18.1 Å². The number of carbonyl (C=O) groups is 1. The Labute approximate surface area is 134 Å². The molecule has 4 nitrogen and oxygen atoms in total. The number of carbonyl (C=O) groups excluding carboxylic acids is 1. The van der Waals surface area contributed by atoms with Crippen LogP contribution in [0.2, 0.25) is 0 Å². The van der Waals surface area contributed by atoms with Crippen LogP contribution in [0.15, 0.2) is 48.5 Å². The molecule has 0 aliphatic heterocycles. The molecule has 2 aromatic rings. The summed E-state index contributed by atoms with van der Waals surface area (Å²) in [6.45, 7) is 1.97. The summed E-state index contributed by atoms with van der Waals surface area (Å²) < 4.78 is 19.0. The lowest BCUT2D eigenvalue weighted by Gasteiger charge is -2.14. The molecule has 2 rings (SSSR count). The summed E-state index contributed by atoms with van der Waals surface area (Å²) in [6, 6.07) is 15.0. The van der Waals surface area contributed by atoms with Gasteiger partial charge in [-0.05, 0) is 49.2 Å². The summed E-state index contributed by atoms with van der Waals surface area (Å²) in [5, 5.41) is 11.4. The van der Waals surface area contributed by atoms with E-state index in [1.165, 1.54) is 6.07 Å². The molecule has 1 atom stereocenters. The molecule has 1 N–H and O–H groups in total. The third-order valence-corrected chi connectivity index (χ3v) is 3.32. The van der Waals surface area contributed by atoms with Crippen molar-refractivity contribution in [2.45, 2.75) is 19.4 Å². The van der Waals surface area contributed by atoms with Gasteiger partial charge in [0.15, 0.2) is 6.10 Å². The second-order valence-corrected chi connectivity index (χ2v) is 5.03. The van der Waals surface area contributed by atoms with Crippen LogP contribution in [0, 0.1) is 17.1 Å². The van der Waals surface area contributed by atoms with Crippen molar-refractivity contribution >= 4 is 5.91 Å². The van der Waals surface area contributed by atoms with Gasteiger partial charge in [-0.1, -0.05) is 18.2 Å². The fourth-order valence-electron chi connectivity index (χ4n) is 2.03. The van der Waals surface area contributed by atoms with Crippen molar-refractivity contribution in [2.75, 3.05) is 6.54 Å². The van der Waals surface area contributed by atoms with Gasteiger partial charge in [-0.25, -0.2) is 4.39 Å². The molecule has 0 bridgehead atoms. The Morgan fingerprint density at radius 1 is 1.26 bits per heavy atom. The van der Waals surface area contributed by atoms with E-state index in [9.17, 15) is 9.18 Å². The van der Waals surface area contributed by atoms with Gasteiger partial charge >= 0.3 is 0 Å². The number of ether oxygens (including phenoxy) is 1. The van der Waals surface area contributed by atoms with E-state index in [-0.39, 0.29) is 11.7 Å². The first-order valence-corrected chi connectivity index (χ1v) is 7.28. The fourth-order valence-corrected chi connectivity index (χ4v) is 2.03. The minimum absolute atomic E-state index is 0.273. The van der Waals surface area contributed by atoms with Gasteiger partial charge in [0.05, 0.1) is 11.6 Å². The first-order valence-electron chi connectivity index (χ1n) is 7.28. The SMILES string of the molecule is CC(Oc1ccc(C#N)cc1)C(=O)NCCc1ccccc1F. The molecule has 0 radical (unpaired) electrons. The highest BCUT2D eigenvalue weighted by Gasteiger charge is 2.14. The predicted octanol–water partition coefficient (Wildman–Crippen LogP) is 2.82. The van der Waals surface area contributed by atoms with Crippen molar-refractivity contribution in [1.29, 1.82) is 5.26 Å². The highest BCUT2D eigenvalue weighted by molar-refractivity contribution is 5.80. The molecule has 2 aromatic carbocycles. The molecular weight excluding hydrogens is 295 g/mol. The Kier molecular flexibility index (Phi) is 5.70. The Hall–Kier alpha value is -2.87. The lowest BCUT2D eigenvalue weighted by atomic mass is 10.1. The highest BCUT2D eigenvalue weighted by atomic mass is 19.1. The molecule has 0 spiro atoms. The van der Waals surface area contributed by atoms with Gasteiger partial charge in [0.2, 0.25) is 0 Å². The maximum atomic E-state index is 13.5. The second-order valence-electron chi connectivity index (χ2n) is 5.03. The third kappa shape index (κ3) is 4.82. The van der Waals surface area contributed by atoms with Crippen LogP contribution < -0.4 is 10.1 Å². The molecule has 0 saturated carbocycles. The predicted molar refractivity (Wildman–Crippen MR) is 84.4 cm³/mol. The largest absolute Gasteiger partial charge is 0.481 e. The number of nitrogens with zero attached hydrogens (tertiary/aromatic N) is 1. The first kappa shape index (κ1) is 16.5. The minimum Gasteiger partial charge on any atom is -0.481 e. The molecule has 23 heavy (non-hydrogen) atoms. The van der Waals surface area contributed by atoms with Crippen LogP contribution in [0.5, 0.6) is 5.75 Å². The zero-order valence-electron chi connectivity index (χ0n) is 12.8. The Morgan fingerprint density at radius 3 is 2.61 bits per heavy atom. The summed E-state index contributed by atoms with van der Waals surface area (Å²) in [4.78, 5) is 12.0. The molecule has 0 aliphatic carbocycles. The number of amides is 1. The topological polar surface area (TPSA) is 62.1 Å². The molecule has 0 fully saturated rings. The van der Waals surface area contributed by atoms with Crippen molar-refractivity contribution < 1.29 is 13.9 Å². The number of hydrogen-bond acceptors (Lipinski definition) is 3. The molecule has 0 aromatic heterocycles. The summed E-state index contributed by atoms with van der Waals surface area (Å²) in [7, 11) is 0. The lowest BCUT2D eigenvalue weighted by molar-refractivity contribution is -0.127. The summed E-state index contributed by atoms with van der Waals surface area (Å²) >= 11 is 0. The van der Waals surface area contributed by atoms with Crippen molar-refractivity contribution in [3.63, 3.8) is 0 Å². The normalized spacial score (nSPS) is 11.3. The van der Waals surface area contributed by atoms with E-state index in [1.807, 2.05) is 6.07 Å². The molecule has 0 heterocycles. The zero-order valence-corrected chi connectivity index (χ0v) is 12.8. The monoisotopic (exact) mass is 312 g/mol. The molecule has 1 amide bonds. The van der Waals surface area contributed by atoms with Gasteiger partial charge in [-0.2, -0.15) is 5.26 Å². The van der Waals surface area contributed by atoms with Gasteiger partial charge in [-0.3, -0.25) is 4.79 Å². The maximum Gasteiger partial charge on any atom is 0.260 e. The second kappa shape index (κ2) is 7.95. The van der Waals surface area contributed by atoms with E-state index in [1.54, 1.807) is 49.4 Å². The standard InChI is InChI=1S/C18H17FN2O2/c1-13(23-16-8-6-14(12-20)7-9-16)18(22)21-11-10-15-4-2-3-5-17(15)19/h2-9,13H,10-11H2,1H3,(H,21,22). The van der Waals surface area contributed by atoms with Gasteiger partial charge in [0.1, 0.15) is 11.6 Å². The van der Waals surface area contributed by atoms with E-state index >= 15 is 0 Å². The zero-order chi connectivity index (χ0) is 16.7. The van der Waals surface area contributed by atoms with E-state index in [4.69, 9.17) is 10.00 Å². The number of hydrogen-bond donors (Lipinski definition) is 1. The smallest absolute Gasteiger partial charge is 0.260 e. The van der Waals surface area contributed by atoms with E-state index in [0.717, 1.165) is 0 Å². The lowest BCUT2D eigenvalue weighted by Crippen LogP contribution is -2.37. The number of halogens is 1. The summed E-state index contributed by atoms with van der Waals surface area (Å²) in [5.74, 6) is -0.0323. The van der Waals surface area contributed by atoms with Crippen LogP contribution >= 0.6 is 0 Å². The van der Waals surface area contributed by atoms with Crippen molar-refractivity contribution in [1.82, 2.24) is 5.32 Å². The number of rotatable bonds is 6. The Balaban J connectivity index is 1.80. The minimum atomic E-state index is -0.677. The highest BCUT2D eigenvalue weighted by Crippen LogP contribution is 2.13. The first-order chi connectivity index (χ1) is 11.1. The average molecular weight is 312 g/mol. The number of benzene rings is 2. The van der Waals surface area contributed by atoms with Crippen LogP contribution in [0.3, 0.4) is 0 Å². The number of nitriles is 1. The van der Waals surface area contributed by atoms with Gasteiger partial charge in [-0.15, -0.1) is 0 Å². The molecule has 5 heteroatoms. The summed E-state index contributed by atoms with van der Waals surface area (Å²) in [6.07, 6.45) is -0.259. The van der Waals surface area contributed by atoms with E-state index < -0.39 is 6.10 Å². The maximum absolute atomic E-state index is 13.5. The quantitative estimate of drug-likeness (QED) is 0.892. The van der Waals surface area contributed by atoms with E-state index in [2.05, 4.69) is 5.32 Å². The third-order valence-electron chi connectivity index (χ3n) is 3.32. The molecule has 0 aliphatic rings. The van der Waals surface area contributed by atoms with Crippen LogP contribution in [0.25, 0.3) is 0 Å². The van der Waals surface area contributed by atoms with Gasteiger partial charge in [0.25, 0.3) is 5.91 Å². The van der Waals surface area contributed by atoms with Gasteiger partial charge < -0.3 is 10.1 Å². The molecule has 1 unspecified atom stereocenters. The van der Waals surface area contributed by atoms with Crippen molar-refractivity contribution in [3.05, 3.63) is 65.5 Å². The molecule has 118 valence electrons. The molecule has 0 saturated heterocycles. The van der Waals surface area contributed by atoms with Gasteiger partial charge in [0, 0.05) is 6.54 Å². The Morgan fingerprint density at radius 2 is 1.96 bits per heavy atom. The Bertz CT molecular complexity index is 708. The van der Waals surface area contributed by atoms with Crippen molar-refractivity contribution in [3.8, 4) is 11.8 Å². The summed E-state index contributed by atoms with van der Waals surface area (Å²) in [5.41, 5.74) is 1.09.